The molecule has 0 saturated carbocycles. The van der Waals surface area contributed by atoms with Gasteiger partial charge in [0.2, 0.25) is 0 Å². The fourth-order valence-corrected chi connectivity index (χ4v) is 3.39. The van der Waals surface area contributed by atoms with Gasteiger partial charge in [0.25, 0.3) is 0 Å². The highest BCUT2D eigenvalue weighted by atomic mass is 35.5. The van der Waals surface area contributed by atoms with E-state index in [4.69, 9.17) is 9.47 Å². The number of hydrogen-bond acceptors (Lipinski definition) is 4. The number of carbonyl (C=O) groups is 1. The molecule has 2 atom stereocenters. The lowest BCUT2D eigenvalue weighted by Crippen LogP contribution is -2.42. The molecule has 1 aliphatic rings. The Kier molecular flexibility index (Phi) is 9.25. The molecule has 1 heterocycles. The summed E-state index contributed by atoms with van der Waals surface area (Å²) in [6.07, 6.45) is 0.778. The Morgan fingerprint density at radius 3 is 2.60 bits per heavy atom. The number of halogens is 1. The summed E-state index contributed by atoms with van der Waals surface area (Å²) in [7, 11) is 4.20. The average molecular weight is 371 g/mol. The largest absolute Gasteiger partial charge is 0.415 e. The van der Waals surface area contributed by atoms with Gasteiger partial charge in [0.15, 0.2) is 0 Å². The molecule has 1 amide bonds. The molecule has 0 aliphatic carbocycles. The molecular formula is C19H31ClN2O3. The van der Waals surface area contributed by atoms with Crippen LogP contribution in [-0.4, -0.2) is 62.8 Å². The lowest BCUT2D eigenvalue weighted by Gasteiger charge is -2.27. The quantitative estimate of drug-likeness (QED) is 0.766. The Balaban J connectivity index is 0.00000312. The first-order chi connectivity index (χ1) is 11.5. The number of hydrogen-bond donors (Lipinski definition) is 0. The summed E-state index contributed by atoms with van der Waals surface area (Å²) in [6, 6.07) is 7.97. The van der Waals surface area contributed by atoms with Gasteiger partial charge in [0.1, 0.15) is 5.75 Å². The molecule has 1 aromatic rings. The summed E-state index contributed by atoms with van der Waals surface area (Å²) in [5.74, 6) is 1.61. The van der Waals surface area contributed by atoms with E-state index in [1.807, 2.05) is 18.2 Å². The van der Waals surface area contributed by atoms with Crippen molar-refractivity contribution in [1.82, 2.24) is 9.80 Å². The predicted molar refractivity (Wildman–Crippen MR) is 103 cm³/mol. The molecule has 1 aliphatic heterocycles. The van der Waals surface area contributed by atoms with Crippen molar-refractivity contribution >= 4 is 18.5 Å². The van der Waals surface area contributed by atoms with Crippen LogP contribution in [0.25, 0.3) is 0 Å². The minimum absolute atomic E-state index is 0. The zero-order chi connectivity index (χ0) is 17.5. The van der Waals surface area contributed by atoms with Crippen LogP contribution in [0.4, 0.5) is 4.79 Å². The predicted octanol–water partition coefficient (Wildman–Crippen LogP) is 3.63. The smallest absolute Gasteiger partial charge is 0.410 e. The zero-order valence-electron chi connectivity index (χ0n) is 15.7. The van der Waals surface area contributed by atoms with E-state index < -0.39 is 0 Å². The topological polar surface area (TPSA) is 42.0 Å². The van der Waals surface area contributed by atoms with Crippen molar-refractivity contribution < 1.29 is 14.3 Å². The summed E-state index contributed by atoms with van der Waals surface area (Å²) < 4.78 is 10.8. The molecule has 142 valence electrons. The number of nitrogens with zero attached hydrogens (tertiary/aromatic N) is 2. The van der Waals surface area contributed by atoms with E-state index in [2.05, 4.69) is 38.9 Å². The molecule has 0 aromatic heterocycles. The van der Waals surface area contributed by atoms with E-state index >= 15 is 0 Å². The van der Waals surface area contributed by atoms with Crippen LogP contribution in [0.15, 0.2) is 24.3 Å². The van der Waals surface area contributed by atoms with Crippen LogP contribution < -0.4 is 4.74 Å². The third-order valence-electron chi connectivity index (χ3n) is 4.54. The normalized spacial score (nSPS) is 16.9. The summed E-state index contributed by atoms with van der Waals surface area (Å²) in [5, 5.41) is 0. The molecule has 25 heavy (non-hydrogen) atoms. The lowest BCUT2D eigenvalue weighted by molar-refractivity contribution is 0.0416. The van der Waals surface area contributed by atoms with Gasteiger partial charge in [0.05, 0.1) is 13.2 Å². The summed E-state index contributed by atoms with van der Waals surface area (Å²) >= 11 is 0. The zero-order valence-corrected chi connectivity index (χ0v) is 16.6. The maximum Gasteiger partial charge on any atom is 0.415 e. The fraction of sp³-hybridized carbons (Fsp3) is 0.632. The SMILES string of the molecule is CC[C@@H](c1cccc(OC(=O)N2CCOCC2)c1)[C@@H](C)CN(C)C.Cl. The first kappa shape index (κ1) is 21.7. The highest BCUT2D eigenvalue weighted by Gasteiger charge is 2.21. The van der Waals surface area contributed by atoms with Crippen LogP contribution in [0, 0.1) is 5.92 Å². The Morgan fingerprint density at radius 1 is 1.32 bits per heavy atom. The fourth-order valence-electron chi connectivity index (χ4n) is 3.39. The second kappa shape index (κ2) is 10.6. The molecule has 6 heteroatoms. The highest BCUT2D eigenvalue weighted by Crippen LogP contribution is 2.30. The van der Waals surface area contributed by atoms with E-state index in [-0.39, 0.29) is 18.5 Å². The van der Waals surface area contributed by atoms with Crippen LogP contribution in [0.3, 0.4) is 0 Å². The second-order valence-corrected chi connectivity index (χ2v) is 6.79. The molecule has 5 nitrogen and oxygen atoms in total. The number of rotatable bonds is 6. The van der Waals surface area contributed by atoms with Crippen LogP contribution in [0.1, 0.15) is 31.7 Å². The molecule has 0 radical (unpaired) electrons. The van der Waals surface area contributed by atoms with E-state index in [9.17, 15) is 4.79 Å². The Labute approximate surface area is 157 Å². The van der Waals surface area contributed by atoms with E-state index in [1.54, 1.807) is 4.90 Å². The highest BCUT2D eigenvalue weighted by molar-refractivity contribution is 5.85. The van der Waals surface area contributed by atoms with Gasteiger partial charge in [-0.1, -0.05) is 26.0 Å². The van der Waals surface area contributed by atoms with Crippen molar-refractivity contribution in [3.05, 3.63) is 29.8 Å². The van der Waals surface area contributed by atoms with Gasteiger partial charge in [-0.2, -0.15) is 0 Å². The number of benzene rings is 1. The first-order valence-corrected chi connectivity index (χ1v) is 8.80. The Morgan fingerprint density at radius 2 is 2.00 bits per heavy atom. The molecule has 0 N–H and O–H groups in total. The molecule has 0 spiro atoms. The number of amides is 1. The lowest BCUT2D eigenvalue weighted by atomic mass is 9.85. The van der Waals surface area contributed by atoms with Crippen molar-refractivity contribution in [3.63, 3.8) is 0 Å². The maximum atomic E-state index is 12.2. The molecule has 0 bridgehead atoms. The van der Waals surface area contributed by atoms with Gasteiger partial charge in [-0.3, -0.25) is 0 Å². The minimum Gasteiger partial charge on any atom is -0.410 e. The molecule has 0 unspecified atom stereocenters. The van der Waals surface area contributed by atoms with Crippen molar-refractivity contribution in [2.45, 2.75) is 26.2 Å². The number of ether oxygens (including phenoxy) is 2. The molecule has 1 saturated heterocycles. The molecule has 2 rings (SSSR count). The van der Waals surface area contributed by atoms with Gasteiger partial charge >= 0.3 is 6.09 Å². The van der Waals surface area contributed by atoms with Gasteiger partial charge in [-0.15, -0.1) is 12.4 Å². The summed E-state index contributed by atoms with van der Waals surface area (Å²) in [6.45, 7) is 7.87. The average Bonchev–Trinajstić information content (AvgIpc) is 2.56. The summed E-state index contributed by atoms with van der Waals surface area (Å²) in [4.78, 5) is 16.2. The Hall–Kier alpha value is -1.30. The minimum atomic E-state index is -0.287. The van der Waals surface area contributed by atoms with Gasteiger partial charge in [-0.05, 0) is 50.0 Å². The van der Waals surface area contributed by atoms with Gasteiger partial charge < -0.3 is 19.3 Å². The standard InChI is InChI=1S/C19H30N2O3.ClH/c1-5-18(15(2)14-20(3)4)16-7-6-8-17(13-16)24-19(22)21-9-11-23-12-10-21;/h6-8,13,15,18H,5,9-12,14H2,1-4H3;1H/t15-,18+;/m0./s1. The first-order valence-electron chi connectivity index (χ1n) is 8.80. The molecule has 1 fully saturated rings. The van der Waals surface area contributed by atoms with E-state index in [0.717, 1.165) is 13.0 Å². The second-order valence-electron chi connectivity index (χ2n) is 6.79. The monoisotopic (exact) mass is 370 g/mol. The molecule has 1 aromatic carbocycles. The van der Waals surface area contributed by atoms with Crippen molar-refractivity contribution in [1.29, 1.82) is 0 Å². The number of morpholine rings is 1. The van der Waals surface area contributed by atoms with E-state index in [1.165, 1.54) is 5.56 Å². The third kappa shape index (κ3) is 6.49. The van der Waals surface area contributed by atoms with Crippen molar-refractivity contribution in [3.8, 4) is 5.75 Å². The van der Waals surface area contributed by atoms with Crippen LogP contribution in [-0.2, 0) is 4.74 Å². The van der Waals surface area contributed by atoms with Crippen LogP contribution in [0.5, 0.6) is 5.75 Å². The third-order valence-corrected chi connectivity index (χ3v) is 4.54. The van der Waals surface area contributed by atoms with E-state index in [0.29, 0.717) is 43.9 Å². The number of carbonyl (C=O) groups excluding carboxylic acids is 1. The van der Waals surface area contributed by atoms with Crippen LogP contribution in [0.2, 0.25) is 0 Å². The van der Waals surface area contributed by atoms with Gasteiger partial charge in [-0.25, -0.2) is 4.79 Å². The van der Waals surface area contributed by atoms with Crippen LogP contribution >= 0.6 is 12.4 Å². The van der Waals surface area contributed by atoms with Crippen molar-refractivity contribution in [2.75, 3.05) is 46.9 Å². The Bertz CT molecular complexity index is 533. The maximum absolute atomic E-state index is 12.2. The van der Waals surface area contributed by atoms with Crippen molar-refractivity contribution in [2.24, 2.45) is 5.92 Å². The van der Waals surface area contributed by atoms with Gasteiger partial charge in [0, 0.05) is 19.6 Å². The molecular weight excluding hydrogens is 340 g/mol. The summed E-state index contributed by atoms with van der Waals surface area (Å²) in [5.41, 5.74) is 1.24.